The molecule has 0 saturated carbocycles. The Morgan fingerprint density at radius 2 is 1.63 bits per heavy atom. The van der Waals surface area contributed by atoms with Crippen molar-refractivity contribution < 1.29 is 18.0 Å². The molecule has 2 aromatic rings. The van der Waals surface area contributed by atoms with Crippen molar-refractivity contribution in [2.75, 3.05) is 39.3 Å². The molecule has 1 fully saturated rings. The number of sulfonamides is 1. The van der Waals surface area contributed by atoms with Crippen LogP contribution in [0.1, 0.15) is 13.8 Å². The third-order valence-corrected chi connectivity index (χ3v) is 6.92. The van der Waals surface area contributed by atoms with Crippen LogP contribution < -0.4 is 10.6 Å². The zero-order chi connectivity index (χ0) is 21.7. The number of benzene rings is 2. The molecule has 3 rings (SSSR count). The van der Waals surface area contributed by atoms with Gasteiger partial charge < -0.3 is 10.6 Å². The van der Waals surface area contributed by atoms with Gasteiger partial charge in [0, 0.05) is 45.3 Å². The number of nitrogens with one attached hydrogen (secondary N) is 2. The topological polar surface area (TPSA) is 98.8 Å². The third-order valence-electron chi connectivity index (χ3n) is 5.03. The molecule has 2 N–H and O–H groups in total. The van der Waals surface area contributed by atoms with Gasteiger partial charge in [0.1, 0.15) is 0 Å². The van der Waals surface area contributed by atoms with E-state index in [0.29, 0.717) is 44.2 Å². The fourth-order valence-electron chi connectivity index (χ4n) is 3.41. The van der Waals surface area contributed by atoms with Crippen LogP contribution in [-0.2, 0) is 19.6 Å². The molecule has 1 aliphatic rings. The molecule has 0 unspecified atom stereocenters. The highest BCUT2D eigenvalue weighted by molar-refractivity contribution is 7.89. The second-order valence-corrected chi connectivity index (χ2v) is 9.58. The summed E-state index contributed by atoms with van der Waals surface area (Å²) < 4.78 is 27.5. The second kappa shape index (κ2) is 9.55. The molecular formula is C21H28N4O4S. The van der Waals surface area contributed by atoms with Crippen LogP contribution in [0.5, 0.6) is 0 Å². The van der Waals surface area contributed by atoms with Crippen molar-refractivity contribution in [1.82, 2.24) is 19.8 Å². The van der Waals surface area contributed by atoms with Crippen molar-refractivity contribution in [3.63, 3.8) is 0 Å². The molecule has 1 saturated heterocycles. The van der Waals surface area contributed by atoms with Crippen LogP contribution in [0.2, 0.25) is 0 Å². The average molecular weight is 433 g/mol. The summed E-state index contributed by atoms with van der Waals surface area (Å²) in [5.74, 6) is -1.29. The Morgan fingerprint density at radius 1 is 0.967 bits per heavy atom. The molecule has 2 aromatic carbocycles. The quantitative estimate of drug-likeness (QED) is 0.658. The molecule has 0 aromatic heterocycles. The summed E-state index contributed by atoms with van der Waals surface area (Å²) in [6, 6.07) is 12.8. The smallest absolute Gasteiger partial charge is 0.309 e. The highest BCUT2D eigenvalue weighted by atomic mass is 32.2. The van der Waals surface area contributed by atoms with Crippen molar-refractivity contribution >= 4 is 32.6 Å². The van der Waals surface area contributed by atoms with E-state index in [0.717, 1.165) is 10.8 Å². The molecule has 9 heteroatoms. The summed E-state index contributed by atoms with van der Waals surface area (Å²) in [4.78, 5) is 25.7. The number of fused-ring (bicyclic) bond motifs is 1. The Hall–Kier alpha value is -2.49. The number of rotatable bonds is 6. The minimum atomic E-state index is -3.55. The van der Waals surface area contributed by atoms with Crippen molar-refractivity contribution in [3.05, 3.63) is 42.5 Å². The van der Waals surface area contributed by atoms with E-state index < -0.39 is 21.8 Å². The number of amides is 2. The first-order valence-electron chi connectivity index (χ1n) is 10.1. The number of hydrogen-bond donors (Lipinski definition) is 2. The maximum Gasteiger partial charge on any atom is 0.309 e. The lowest BCUT2D eigenvalue weighted by Gasteiger charge is -2.34. The lowest BCUT2D eigenvalue weighted by atomic mass is 10.1. The Kier molecular flexibility index (Phi) is 7.06. The van der Waals surface area contributed by atoms with Crippen LogP contribution in [0.4, 0.5) is 0 Å². The zero-order valence-electron chi connectivity index (χ0n) is 17.3. The predicted octanol–water partition coefficient (Wildman–Crippen LogP) is 0.787. The lowest BCUT2D eigenvalue weighted by Crippen LogP contribution is -2.51. The minimum absolute atomic E-state index is 0.0964. The molecule has 162 valence electrons. The summed E-state index contributed by atoms with van der Waals surface area (Å²) in [7, 11) is -3.55. The second-order valence-electron chi connectivity index (χ2n) is 7.64. The van der Waals surface area contributed by atoms with E-state index in [2.05, 4.69) is 15.5 Å². The van der Waals surface area contributed by atoms with E-state index in [1.165, 1.54) is 4.31 Å². The maximum atomic E-state index is 13.0. The van der Waals surface area contributed by atoms with Gasteiger partial charge in [0.25, 0.3) is 0 Å². The molecule has 30 heavy (non-hydrogen) atoms. The van der Waals surface area contributed by atoms with Crippen molar-refractivity contribution in [2.45, 2.75) is 24.8 Å². The van der Waals surface area contributed by atoms with Gasteiger partial charge in [-0.2, -0.15) is 4.31 Å². The van der Waals surface area contributed by atoms with Crippen molar-refractivity contribution in [2.24, 2.45) is 0 Å². The molecule has 8 nitrogen and oxygen atoms in total. The first-order valence-corrected chi connectivity index (χ1v) is 11.5. The number of carbonyl (C=O) groups is 2. The summed E-state index contributed by atoms with van der Waals surface area (Å²) in [6.07, 6.45) is 0. The largest absolute Gasteiger partial charge is 0.347 e. The van der Waals surface area contributed by atoms with Gasteiger partial charge in [-0.1, -0.05) is 30.3 Å². The summed E-state index contributed by atoms with van der Waals surface area (Å²) in [5.41, 5.74) is 0. The monoisotopic (exact) mass is 432 g/mol. The molecule has 1 heterocycles. The number of carbonyl (C=O) groups excluding carboxylic acids is 2. The Labute approximate surface area is 177 Å². The van der Waals surface area contributed by atoms with E-state index >= 15 is 0 Å². The van der Waals surface area contributed by atoms with Gasteiger partial charge in [0.15, 0.2) is 0 Å². The molecule has 1 aliphatic heterocycles. The van der Waals surface area contributed by atoms with Crippen LogP contribution in [-0.4, -0.2) is 74.7 Å². The van der Waals surface area contributed by atoms with Gasteiger partial charge in [0.05, 0.1) is 4.90 Å². The molecule has 2 amide bonds. The molecule has 0 aliphatic carbocycles. The maximum absolute atomic E-state index is 13.0. The van der Waals surface area contributed by atoms with Crippen LogP contribution in [0.15, 0.2) is 47.4 Å². The molecule has 0 spiro atoms. The fraction of sp³-hybridized carbons (Fsp3) is 0.429. The molecule has 0 atom stereocenters. The Bertz CT molecular complexity index is 1010. The third kappa shape index (κ3) is 5.35. The highest BCUT2D eigenvalue weighted by Crippen LogP contribution is 2.22. The average Bonchev–Trinajstić information content (AvgIpc) is 2.73. The number of hydrogen-bond acceptors (Lipinski definition) is 5. The normalized spacial score (nSPS) is 16.0. The van der Waals surface area contributed by atoms with Crippen LogP contribution in [0, 0.1) is 0 Å². The van der Waals surface area contributed by atoms with E-state index in [1.54, 1.807) is 26.0 Å². The first-order chi connectivity index (χ1) is 14.3. The predicted molar refractivity (Wildman–Crippen MR) is 115 cm³/mol. The molecule has 0 radical (unpaired) electrons. The summed E-state index contributed by atoms with van der Waals surface area (Å²) in [5, 5.41) is 7.04. The first kappa shape index (κ1) is 22.2. The van der Waals surface area contributed by atoms with Gasteiger partial charge in [-0.05, 0) is 36.8 Å². The zero-order valence-corrected chi connectivity index (χ0v) is 18.1. The summed E-state index contributed by atoms with van der Waals surface area (Å²) in [6.45, 7) is 6.38. The fourth-order valence-corrected chi connectivity index (χ4v) is 4.86. The van der Waals surface area contributed by atoms with Gasteiger partial charge in [-0.25, -0.2) is 8.42 Å². The van der Waals surface area contributed by atoms with Crippen molar-refractivity contribution in [3.8, 4) is 0 Å². The van der Waals surface area contributed by atoms with Gasteiger partial charge >= 0.3 is 11.8 Å². The highest BCUT2D eigenvalue weighted by Gasteiger charge is 2.28. The van der Waals surface area contributed by atoms with Crippen LogP contribution in [0.25, 0.3) is 10.8 Å². The number of piperazine rings is 1. The number of nitrogens with zero attached hydrogens (tertiary/aromatic N) is 2. The van der Waals surface area contributed by atoms with E-state index in [4.69, 9.17) is 0 Å². The van der Waals surface area contributed by atoms with Crippen molar-refractivity contribution in [1.29, 1.82) is 0 Å². The van der Waals surface area contributed by atoms with Gasteiger partial charge in [0.2, 0.25) is 10.0 Å². The Balaban J connectivity index is 1.50. The summed E-state index contributed by atoms with van der Waals surface area (Å²) >= 11 is 0. The van der Waals surface area contributed by atoms with E-state index in [1.807, 2.05) is 30.3 Å². The Morgan fingerprint density at radius 3 is 2.30 bits per heavy atom. The van der Waals surface area contributed by atoms with Gasteiger partial charge in [-0.15, -0.1) is 0 Å². The van der Waals surface area contributed by atoms with E-state index in [-0.39, 0.29) is 6.04 Å². The minimum Gasteiger partial charge on any atom is -0.347 e. The SMILES string of the molecule is CC(C)NC(=O)C(=O)NCCN1CCN(S(=O)(=O)c2ccc3ccccc3c2)CC1. The molecular weight excluding hydrogens is 404 g/mol. The lowest BCUT2D eigenvalue weighted by molar-refractivity contribution is -0.139. The van der Waals surface area contributed by atoms with Crippen LogP contribution in [0.3, 0.4) is 0 Å². The van der Waals surface area contributed by atoms with E-state index in [9.17, 15) is 18.0 Å². The van der Waals surface area contributed by atoms with Gasteiger partial charge in [-0.3, -0.25) is 14.5 Å². The standard InChI is InChI=1S/C21H28N4O4S/c1-16(2)23-21(27)20(26)22-9-10-24-11-13-25(14-12-24)30(28,29)19-8-7-17-5-3-4-6-18(17)15-19/h3-8,15-16H,9-14H2,1-2H3,(H,22,26)(H,23,27). The molecule has 0 bridgehead atoms. The van der Waals surface area contributed by atoms with Crippen LogP contribution >= 0.6 is 0 Å².